The maximum absolute atomic E-state index is 12.3. The van der Waals surface area contributed by atoms with Gasteiger partial charge in [0.25, 0.3) is 5.91 Å². The fourth-order valence-electron chi connectivity index (χ4n) is 2.17. The molecule has 0 radical (unpaired) electrons. The van der Waals surface area contributed by atoms with Gasteiger partial charge in [0, 0.05) is 19.3 Å². The zero-order chi connectivity index (χ0) is 13.1. The normalized spacial score (nSPS) is 20.1. The molecular formula is C12H18N4O2. The summed E-state index contributed by atoms with van der Waals surface area (Å²) < 4.78 is 0. The molecule has 2 heterocycles. The van der Waals surface area contributed by atoms with E-state index in [1.807, 2.05) is 13.8 Å². The number of aromatic nitrogens is 2. The van der Waals surface area contributed by atoms with E-state index in [4.69, 9.17) is 0 Å². The molecule has 1 fully saturated rings. The summed E-state index contributed by atoms with van der Waals surface area (Å²) in [6.45, 7) is 5.15. The Kier molecular flexibility index (Phi) is 3.64. The van der Waals surface area contributed by atoms with Gasteiger partial charge in [-0.25, -0.2) is 0 Å². The molecule has 1 aromatic heterocycles. The van der Waals surface area contributed by atoms with E-state index in [-0.39, 0.29) is 17.9 Å². The van der Waals surface area contributed by atoms with Crippen LogP contribution in [0.4, 0.5) is 0 Å². The number of rotatable bonds is 3. The lowest BCUT2D eigenvalue weighted by Gasteiger charge is -2.35. The molecule has 2 N–H and O–H groups in total. The van der Waals surface area contributed by atoms with Gasteiger partial charge in [0.05, 0.1) is 11.8 Å². The molecule has 0 aliphatic carbocycles. The third-order valence-corrected chi connectivity index (χ3v) is 3.03. The topological polar surface area (TPSA) is 78.1 Å². The Balaban J connectivity index is 2.17. The quantitative estimate of drug-likeness (QED) is 0.815. The molecule has 2 rings (SSSR count). The van der Waals surface area contributed by atoms with E-state index >= 15 is 0 Å². The summed E-state index contributed by atoms with van der Waals surface area (Å²) in [5.41, 5.74) is 0.499. The van der Waals surface area contributed by atoms with Crippen LogP contribution in [0.15, 0.2) is 12.4 Å². The molecule has 1 unspecified atom stereocenters. The summed E-state index contributed by atoms with van der Waals surface area (Å²) in [7, 11) is 0. The largest absolute Gasteiger partial charge is 0.353 e. The van der Waals surface area contributed by atoms with Gasteiger partial charge >= 0.3 is 0 Å². The molecule has 98 valence electrons. The van der Waals surface area contributed by atoms with Crippen LogP contribution in [-0.4, -0.2) is 46.0 Å². The Bertz CT molecular complexity index is 427. The zero-order valence-corrected chi connectivity index (χ0v) is 10.6. The maximum Gasteiger partial charge on any atom is 0.257 e. The SMILES string of the molecule is CC(C)CC1C(=O)NCCN1C(=O)c1cn[nH]c1. The van der Waals surface area contributed by atoms with Gasteiger partial charge in [0.15, 0.2) is 0 Å². The van der Waals surface area contributed by atoms with Crippen LogP contribution in [0.5, 0.6) is 0 Å². The van der Waals surface area contributed by atoms with E-state index in [9.17, 15) is 9.59 Å². The summed E-state index contributed by atoms with van der Waals surface area (Å²) in [4.78, 5) is 25.8. The second-order valence-corrected chi connectivity index (χ2v) is 4.92. The lowest BCUT2D eigenvalue weighted by atomic mass is 9.99. The van der Waals surface area contributed by atoms with Crippen LogP contribution >= 0.6 is 0 Å². The average Bonchev–Trinajstić information content (AvgIpc) is 2.84. The van der Waals surface area contributed by atoms with Gasteiger partial charge in [0.1, 0.15) is 6.04 Å². The molecule has 0 aromatic carbocycles. The van der Waals surface area contributed by atoms with Crippen LogP contribution in [-0.2, 0) is 4.79 Å². The van der Waals surface area contributed by atoms with Gasteiger partial charge in [0.2, 0.25) is 5.91 Å². The molecule has 0 saturated carbocycles. The van der Waals surface area contributed by atoms with Crippen molar-refractivity contribution in [1.82, 2.24) is 20.4 Å². The van der Waals surface area contributed by atoms with Crippen molar-refractivity contribution < 1.29 is 9.59 Å². The van der Waals surface area contributed by atoms with E-state index in [1.165, 1.54) is 6.20 Å². The van der Waals surface area contributed by atoms with Crippen molar-refractivity contribution in [2.24, 2.45) is 5.92 Å². The van der Waals surface area contributed by atoms with Crippen LogP contribution in [0.3, 0.4) is 0 Å². The highest BCUT2D eigenvalue weighted by Gasteiger charge is 2.33. The summed E-state index contributed by atoms with van der Waals surface area (Å²) in [5.74, 6) is 0.162. The van der Waals surface area contributed by atoms with Gasteiger partial charge in [-0.1, -0.05) is 13.8 Å². The number of hydrogen-bond acceptors (Lipinski definition) is 3. The molecule has 0 spiro atoms. The lowest BCUT2D eigenvalue weighted by Crippen LogP contribution is -2.57. The number of nitrogens with zero attached hydrogens (tertiary/aromatic N) is 2. The Labute approximate surface area is 106 Å². The summed E-state index contributed by atoms with van der Waals surface area (Å²) in [6, 6.07) is -0.374. The fraction of sp³-hybridized carbons (Fsp3) is 0.583. The monoisotopic (exact) mass is 250 g/mol. The van der Waals surface area contributed by atoms with Crippen LogP contribution in [0, 0.1) is 5.92 Å². The van der Waals surface area contributed by atoms with Gasteiger partial charge in [-0.05, 0) is 12.3 Å². The second kappa shape index (κ2) is 5.20. The molecule has 1 aromatic rings. The Hall–Kier alpha value is -1.85. The molecule has 1 saturated heterocycles. The third kappa shape index (κ3) is 2.52. The lowest BCUT2D eigenvalue weighted by molar-refractivity contribution is -0.128. The van der Waals surface area contributed by atoms with E-state index < -0.39 is 0 Å². The van der Waals surface area contributed by atoms with Gasteiger partial charge in [-0.15, -0.1) is 0 Å². The van der Waals surface area contributed by atoms with Crippen LogP contribution in [0.2, 0.25) is 0 Å². The number of hydrogen-bond donors (Lipinski definition) is 2. The summed E-state index contributed by atoms with van der Waals surface area (Å²) in [5, 5.41) is 9.20. The number of H-pyrrole nitrogens is 1. The van der Waals surface area contributed by atoms with Crippen molar-refractivity contribution in [2.75, 3.05) is 13.1 Å². The Morgan fingerprint density at radius 2 is 2.39 bits per heavy atom. The standard InChI is InChI=1S/C12H18N4O2/c1-8(2)5-10-11(17)13-3-4-16(10)12(18)9-6-14-15-7-9/h6-8,10H,3-5H2,1-2H3,(H,13,17)(H,14,15). The number of nitrogens with one attached hydrogen (secondary N) is 2. The number of amides is 2. The Morgan fingerprint density at radius 3 is 3.00 bits per heavy atom. The Morgan fingerprint density at radius 1 is 1.61 bits per heavy atom. The molecule has 6 heteroatoms. The first kappa shape index (κ1) is 12.6. The number of piperazine rings is 1. The van der Waals surface area contributed by atoms with Crippen molar-refractivity contribution in [3.05, 3.63) is 18.0 Å². The van der Waals surface area contributed by atoms with Crippen molar-refractivity contribution >= 4 is 11.8 Å². The first-order valence-electron chi connectivity index (χ1n) is 6.17. The highest BCUT2D eigenvalue weighted by atomic mass is 16.2. The molecule has 18 heavy (non-hydrogen) atoms. The van der Waals surface area contributed by atoms with Crippen LogP contribution in [0.1, 0.15) is 30.6 Å². The predicted octanol–water partition coefficient (Wildman–Crippen LogP) is 0.396. The minimum Gasteiger partial charge on any atom is -0.353 e. The van der Waals surface area contributed by atoms with Crippen molar-refractivity contribution in [3.8, 4) is 0 Å². The molecule has 1 aliphatic heterocycles. The van der Waals surface area contributed by atoms with E-state index in [0.29, 0.717) is 31.0 Å². The highest BCUT2D eigenvalue weighted by molar-refractivity contribution is 5.97. The first-order valence-corrected chi connectivity index (χ1v) is 6.17. The van der Waals surface area contributed by atoms with Crippen molar-refractivity contribution in [1.29, 1.82) is 0 Å². The van der Waals surface area contributed by atoms with Gasteiger partial charge in [-0.3, -0.25) is 14.7 Å². The summed E-state index contributed by atoms with van der Waals surface area (Å²) in [6.07, 6.45) is 3.72. The number of carbonyl (C=O) groups excluding carboxylic acids is 2. The van der Waals surface area contributed by atoms with Gasteiger partial charge < -0.3 is 10.2 Å². The number of carbonyl (C=O) groups is 2. The smallest absolute Gasteiger partial charge is 0.257 e. The van der Waals surface area contributed by atoms with Crippen molar-refractivity contribution in [2.45, 2.75) is 26.3 Å². The van der Waals surface area contributed by atoms with E-state index in [1.54, 1.807) is 11.1 Å². The maximum atomic E-state index is 12.3. The molecule has 6 nitrogen and oxygen atoms in total. The highest BCUT2D eigenvalue weighted by Crippen LogP contribution is 2.17. The minimum atomic E-state index is -0.374. The molecule has 1 atom stereocenters. The first-order chi connectivity index (χ1) is 8.59. The second-order valence-electron chi connectivity index (χ2n) is 4.92. The van der Waals surface area contributed by atoms with Crippen LogP contribution in [0.25, 0.3) is 0 Å². The minimum absolute atomic E-state index is 0.0632. The van der Waals surface area contributed by atoms with Crippen LogP contribution < -0.4 is 5.32 Å². The van der Waals surface area contributed by atoms with Gasteiger partial charge in [-0.2, -0.15) is 5.10 Å². The zero-order valence-electron chi connectivity index (χ0n) is 10.6. The van der Waals surface area contributed by atoms with E-state index in [0.717, 1.165) is 0 Å². The average molecular weight is 250 g/mol. The molecule has 2 amide bonds. The molecule has 0 bridgehead atoms. The predicted molar refractivity (Wildman–Crippen MR) is 65.9 cm³/mol. The third-order valence-electron chi connectivity index (χ3n) is 3.03. The van der Waals surface area contributed by atoms with E-state index in [2.05, 4.69) is 15.5 Å². The molecule has 1 aliphatic rings. The molecular weight excluding hydrogens is 232 g/mol. The number of aromatic amines is 1. The fourth-order valence-corrected chi connectivity index (χ4v) is 2.17. The van der Waals surface area contributed by atoms with Crippen molar-refractivity contribution in [3.63, 3.8) is 0 Å². The summed E-state index contributed by atoms with van der Waals surface area (Å²) >= 11 is 0.